The summed E-state index contributed by atoms with van der Waals surface area (Å²) in [5.41, 5.74) is 2.24. The number of nitrogens with zero attached hydrogens (tertiary/aromatic N) is 3. The first-order valence-corrected chi connectivity index (χ1v) is 8.80. The molecule has 0 spiro atoms. The van der Waals surface area contributed by atoms with Crippen LogP contribution in [-0.2, 0) is 0 Å². The van der Waals surface area contributed by atoms with Crippen molar-refractivity contribution in [2.75, 3.05) is 5.32 Å². The van der Waals surface area contributed by atoms with Gasteiger partial charge < -0.3 is 9.73 Å². The van der Waals surface area contributed by atoms with Gasteiger partial charge in [0.15, 0.2) is 11.6 Å². The molecule has 26 heavy (non-hydrogen) atoms. The van der Waals surface area contributed by atoms with Crippen LogP contribution in [0.3, 0.4) is 0 Å². The number of aryl methyl sites for hydroxylation is 2. The highest BCUT2D eigenvalue weighted by atomic mass is 79.9. The van der Waals surface area contributed by atoms with Crippen LogP contribution in [0.15, 0.2) is 57.6 Å². The Morgan fingerprint density at radius 3 is 2.81 bits per heavy atom. The Labute approximate surface area is 158 Å². The van der Waals surface area contributed by atoms with Crippen LogP contribution < -0.4 is 5.32 Å². The maximum atomic E-state index is 12.8. The van der Waals surface area contributed by atoms with E-state index in [1.807, 2.05) is 50.2 Å². The molecular formula is C19H15BrN4O2. The lowest BCUT2D eigenvalue weighted by atomic mass is 10.1. The zero-order valence-corrected chi connectivity index (χ0v) is 15.7. The maximum absolute atomic E-state index is 12.8. The molecule has 0 fully saturated rings. The van der Waals surface area contributed by atoms with E-state index in [2.05, 4.69) is 31.3 Å². The van der Waals surface area contributed by atoms with E-state index in [9.17, 15) is 4.79 Å². The molecule has 0 aliphatic heterocycles. The van der Waals surface area contributed by atoms with Gasteiger partial charge in [-0.15, -0.1) is 0 Å². The minimum absolute atomic E-state index is 0.282. The standard InChI is InChI=1S/C19H15BrN4O2/c1-11-9-17(24(23-11)16-5-3-4-8-21-16)22-19(25)18-12(2)14-10-13(20)6-7-15(14)26-18/h3-10H,1-2H3,(H,22,25). The Bertz CT molecular complexity index is 1120. The van der Waals surface area contributed by atoms with Crippen molar-refractivity contribution in [3.63, 3.8) is 0 Å². The van der Waals surface area contributed by atoms with Crippen molar-refractivity contribution in [1.29, 1.82) is 0 Å². The van der Waals surface area contributed by atoms with Crippen molar-refractivity contribution in [3.05, 3.63) is 70.2 Å². The average molecular weight is 411 g/mol. The van der Waals surface area contributed by atoms with E-state index < -0.39 is 0 Å². The predicted molar refractivity (Wildman–Crippen MR) is 103 cm³/mol. The van der Waals surface area contributed by atoms with Gasteiger partial charge in [0.2, 0.25) is 0 Å². The number of hydrogen-bond donors (Lipinski definition) is 1. The number of hydrogen-bond acceptors (Lipinski definition) is 4. The van der Waals surface area contributed by atoms with Gasteiger partial charge in [0.1, 0.15) is 11.4 Å². The number of benzene rings is 1. The third-order valence-corrected chi connectivity index (χ3v) is 4.54. The minimum Gasteiger partial charge on any atom is -0.451 e. The number of amides is 1. The fourth-order valence-corrected chi connectivity index (χ4v) is 3.19. The summed E-state index contributed by atoms with van der Waals surface area (Å²) >= 11 is 3.44. The fraction of sp³-hybridized carbons (Fsp3) is 0.105. The molecule has 3 aromatic heterocycles. The van der Waals surface area contributed by atoms with E-state index >= 15 is 0 Å². The highest BCUT2D eigenvalue weighted by molar-refractivity contribution is 9.10. The van der Waals surface area contributed by atoms with Crippen LogP contribution >= 0.6 is 15.9 Å². The number of pyridine rings is 1. The van der Waals surface area contributed by atoms with Crippen molar-refractivity contribution in [3.8, 4) is 5.82 Å². The highest BCUT2D eigenvalue weighted by Crippen LogP contribution is 2.28. The van der Waals surface area contributed by atoms with Crippen LogP contribution in [0.5, 0.6) is 0 Å². The Morgan fingerprint density at radius 1 is 1.19 bits per heavy atom. The molecule has 3 heterocycles. The Hall–Kier alpha value is -2.93. The monoisotopic (exact) mass is 410 g/mol. The van der Waals surface area contributed by atoms with Gasteiger partial charge in [0.25, 0.3) is 5.91 Å². The molecule has 1 N–H and O–H groups in total. The van der Waals surface area contributed by atoms with Crippen LogP contribution in [0.1, 0.15) is 21.8 Å². The molecule has 0 saturated carbocycles. The minimum atomic E-state index is -0.327. The predicted octanol–water partition coefficient (Wildman–Crippen LogP) is 4.65. The van der Waals surface area contributed by atoms with Crippen molar-refractivity contribution < 1.29 is 9.21 Å². The largest absolute Gasteiger partial charge is 0.451 e. The summed E-state index contributed by atoms with van der Waals surface area (Å²) in [6, 6.07) is 13.0. The zero-order chi connectivity index (χ0) is 18.3. The molecule has 0 unspecified atom stereocenters. The number of carbonyl (C=O) groups is 1. The summed E-state index contributed by atoms with van der Waals surface area (Å²) in [4.78, 5) is 17.1. The van der Waals surface area contributed by atoms with Crippen molar-refractivity contribution in [2.45, 2.75) is 13.8 Å². The zero-order valence-electron chi connectivity index (χ0n) is 14.2. The third kappa shape index (κ3) is 2.90. The van der Waals surface area contributed by atoms with E-state index in [0.29, 0.717) is 17.2 Å². The molecule has 1 aromatic carbocycles. The number of rotatable bonds is 3. The van der Waals surface area contributed by atoms with Crippen molar-refractivity contribution in [2.24, 2.45) is 0 Å². The van der Waals surface area contributed by atoms with Gasteiger partial charge in [0, 0.05) is 27.7 Å². The second-order valence-electron chi connectivity index (χ2n) is 5.92. The molecule has 7 heteroatoms. The number of carbonyl (C=O) groups excluding carboxylic acids is 1. The summed E-state index contributed by atoms with van der Waals surface area (Å²) in [7, 11) is 0. The quantitative estimate of drug-likeness (QED) is 0.533. The van der Waals surface area contributed by atoms with E-state index in [1.54, 1.807) is 16.9 Å². The molecule has 0 bridgehead atoms. The van der Waals surface area contributed by atoms with Gasteiger partial charge >= 0.3 is 0 Å². The van der Waals surface area contributed by atoms with Crippen molar-refractivity contribution in [1.82, 2.24) is 14.8 Å². The molecule has 0 atom stereocenters. The van der Waals surface area contributed by atoms with Crippen molar-refractivity contribution >= 4 is 38.6 Å². The summed E-state index contributed by atoms with van der Waals surface area (Å²) in [6.07, 6.45) is 1.68. The third-order valence-electron chi connectivity index (χ3n) is 4.04. The fourth-order valence-electron chi connectivity index (χ4n) is 2.82. The molecule has 0 saturated heterocycles. The smallest absolute Gasteiger partial charge is 0.292 e. The molecule has 4 rings (SSSR count). The number of fused-ring (bicyclic) bond motifs is 1. The summed E-state index contributed by atoms with van der Waals surface area (Å²) in [5, 5.41) is 8.19. The van der Waals surface area contributed by atoms with Gasteiger partial charge in [-0.2, -0.15) is 9.78 Å². The van der Waals surface area contributed by atoms with Crippen LogP contribution in [0, 0.1) is 13.8 Å². The Balaban J connectivity index is 1.71. The van der Waals surface area contributed by atoms with Gasteiger partial charge in [-0.05, 0) is 44.2 Å². The van der Waals surface area contributed by atoms with Crippen LogP contribution in [0.25, 0.3) is 16.8 Å². The van der Waals surface area contributed by atoms with Crippen LogP contribution in [0.4, 0.5) is 5.82 Å². The maximum Gasteiger partial charge on any atom is 0.292 e. The number of aromatic nitrogens is 3. The number of halogens is 1. The normalized spacial score (nSPS) is 11.0. The molecule has 130 valence electrons. The summed E-state index contributed by atoms with van der Waals surface area (Å²) in [6.45, 7) is 3.73. The van der Waals surface area contributed by atoms with E-state index in [-0.39, 0.29) is 11.7 Å². The number of furan rings is 1. The highest BCUT2D eigenvalue weighted by Gasteiger charge is 2.20. The topological polar surface area (TPSA) is 73.0 Å². The van der Waals surface area contributed by atoms with Gasteiger partial charge in [-0.25, -0.2) is 4.98 Å². The molecule has 0 aliphatic carbocycles. The second kappa shape index (κ2) is 6.42. The van der Waals surface area contributed by atoms with Gasteiger partial charge in [0.05, 0.1) is 5.69 Å². The number of nitrogens with one attached hydrogen (secondary N) is 1. The summed E-state index contributed by atoms with van der Waals surface area (Å²) < 4.78 is 8.30. The van der Waals surface area contributed by atoms with E-state index in [1.165, 1.54) is 0 Å². The lowest BCUT2D eigenvalue weighted by molar-refractivity contribution is 0.0997. The first kappa shape index (κ1) is 16.5. The lowest BCUT2D eigenvalue weighted by Crippen LogP contribution is -2.15. The Kier molecular flexibility index (Phi) is 4.08. The molecule has 4 aromatic rings. The molecule has 0 aliphatic rings. The molecule has 6 nitrogen and oxygen atoms in total. The van der Waals surface area contributed by atoms with Gasteiger partial charge in [-0.1, -0.05) is 22.0 Å². The van der Waals surface area contributed by atoms with Crippen LogP contribution in [0.2, 0.25) is 0 Å². The van der Waals surface area contributed by atoms with Crippen LogP contribution in [-0.4, -0.2) is 20.7 Å². The number of anilines is 1. The van der Waals surface area contributed by atoms with E-state index in [0.717, 1.165) is 21.1 Å². The first-order valence-electron chi connectivity index (χ1n) is 8.01. The summed E-state index contributed by atoms with van der Waals surface area (Å²) in [5.74, 6) is 1.12. The molecular weight excluding hydrogens is 396 g/mol. The average Bonchev–Trinajstić information content (AvgIpc) is 3.16. The molecule has 0 radical (unpaired) electrons. The van der Waals surface area contributed by atoms with Gasteiger partial charge in [-0.3, -0.25) is 4.79 Å². The first-order chi connectivity index (χ1) is 12.5. The lowest BCUT2D eigenvalue weighted by Gasteiger charge is -2.07. The SMILES string of the molecule is Cc1cc(NC(=O)c2oc3ccc(Br)cc3c2C)n(-c2ccccn2)n1. The van der Waals surface area contributed by atoms with E-state index in [4.69, 9.17) is 4.42 Å². The molecule has 1 amide bonds. The second-order valence-corrected chi connectivity index (χ2v) is 6.84. The Morgan fingerprint density at radius 2 is 2.04 bits per heavy atom.